The molecule has 0 saturated heterocycles. The van der Waals surface area contributed by atoms with Crippen LogP contribution in [0.25, 0.3) is 0 Å². The van der Waals surface area contributed by atoms with Gasteiger partial charge in [0.05, 0.1) is 23.6 Å². The number of halogens is 3. The molecule has 0 spiro atoms. The van der Waals surface area contributed by atoms with Crippen molar-refractivity contribution in [2.45, 2.75) is 36.1 Å². The van der Waals surface area contributed by atoms with Gasteiger partial charge >= 0.3 is 15.6 Å². The first-order chi connectivity index (χ1) is 17.8. The molecule has 3 aliphatic carbocycles. The highest BCUT2D eigenvalue weighted by atomic mass is 32.2. The minimum Gasteiger partial charge on any atom is -0.510 e. The van der Waals surface area contributed by atoms with Gasteiger partial charge in [-0.25, -0.2) is 0 Å². The van der Waals surface area contributed by atoms with E-state index in [1.54, 1.807) is 0 Å². The van der Waals surface area contributed by atoms with Crippen LogP contribution in [-0.4, -0.2) is 88.6 Å². The van der Waals surface area contributed by atoms with Gasteiger partial charge in [-0.1, -0.05) is 19.1 Å². The Balaban J connectivity index is 2.00. The number of benzene rings is 1. The average molecular weight is 577 g/mol. The molecule has 0 fully saturated rings. The van der Waals surface area contributed by atoms with Gasteiger partial charge in [-0.15, -0.1) is 0 Å². The molecule has 39 heavy (non-hydrogen) atoms. The third-order valence-corrected chi connectivity index (χ3v) is 8.43. The summed E-state index contributed by atoms with van der Waals surface area (Å²) in [5.74, 6) is -11.9. The molecule has 1 aromatic carbocycles. The number of nitrogens with two attached hydrogens (primary N) is 1. The summed E-state index contributed by atoms with van der Waals surface area (Å²) >= 11 is 0. The number of fused-ring (bicyclic) bond motifs is 3. The van der Waals surface area contributed by atoms with Crippen LogP contribution in [0, 0.1) is 11.8 Å². The Bertz CT molecular complexity index is 1480. The molecule has 6 N–H and O–H groups in total. The van der Waals surface area contributed by atoms with Crippen LogP contribution in [0.4, 0.5) is 13.2 Å². The topological polar surface area (TPSA) is 205 Å². The summed E-state index contributed by atoms with van der Waals surface area (Å²) in [6.07, 6.45) is -1.87. The van der Waals surface area contributed by atoms with Crippen molar-refractivity contribution in [1.29, 1.82) is 0 Å². The molecule has 0 bridgehead atoms. The maximum absolute atomic E-state index is 13.7. The van der Waals surface area contributed by atoms with Gasteiger partial charge in [-0.05, 0) is 31.6 Å². The van der Waals surface area contributed by atoms with Crippen LogP contribution in [0.15, 0.2) is 40.9 Å². The van der Waals surface area contributed by atoms with Crippen LogP contribution >= 0.6 is 0 Å². The second-order valence-electron chi connectivity index (χ2n) is 9.75. The van der Waals surface area contributed by atoms with Crippen LogP contribution in [-0.2, 0) is 19.7 Å². The Morgan fingerprint density at radius 2 is 1.77 bits per heavy atom. The summed E-state index contributed by atoms with van der Waals surface area (Å²) in [6, 6.07) is 1.68. The number of carbonyl (C=O) groups is 3. The molecule has 0 aliphatic heterocycles. The zero-order valence-electron chi connectivity index (χ0n) is 20.4. The molecule has 3 aliphatic rings. The van der Waals surface area contributed by atoms with Crippen molar-refractivity contribution in [3.05, 3.63) is 52.0 Å². The Morgan fingerprint density at radius 1 is 1.18 bits per heavy atom. The van der Waals surface area contributed by atoms with Gasteiger partial charge < -0.3 is 30.3 Å². The second kappa shape index (κ2) is 8.77. The van der Waals surface area contributed by atoms with E-state index in [0.717, 1.165) is 12.1 Å². The van der Waals surface area contributed by atoms with Crippen LogP contribution in [0.5, 0.6) is 5.75 Å². The highest BCUT2D eigenvalue weighted by Gasteiger charge is 2.67. The monoisotopic (exact) mass is 576 g/mol. The van der Waals surface area contributed by atoms with E-state index in [2.05, 4.69) is 4.18 Å². The number of Topliss-reactive ketones (excluding diaryl/α,β-unsaturated/α-hetero) is 2. The molecule has 0 aromatic heterocycles. The number of ketones is 2. The van der Waals surface area contributed by atoms with E-state index in [0.29, 0.717) is 0 Å². The van der Waals surface area contributed by atoms with Crippen LogP contribution < -0.4 is 9.92 Å². The van der Waals surface area contributed by atoms with Crippen molar-refractivity contribution in [1.82, 2.24) is 4.90 Å². The van der Waals surface area contributed by atoms with Crippen molar-refractivity contribution in [2.24, 2.45) is 17.6 Å². The highest BCUT2D eigenvalue weighted by molar-refractivity contribution is 7.88. The Hall–Kier alpha value is -3.47. The summed E-state index contributed by atoms with van der Waals surface area (Å²) in [5, 5.41) is 45.1. The number of aliphatic hydroxyl groups excluding tert-OH is 3. The van der Waals surface area contributed by atoms with Gasteiger partial charge in [-0.2, -0.15) is 21.6 Å². The molecule has 0 radical (unpaired) electrons. The average Bonchev–Trinajstić information content (AvgIpc) is 2.80. The second-order valence-corrected chi connectivity index (χ2v) is 11.3. The number of hydrogen-bond donors (Lipinski definition) is 5. The Morgan fingerprint density at radius 3 is 2.28 bits per heavy atom. The largest absolute Gasteiger partial charge is 0.534 e. The molecule has 4 rings (SSSR count). The normalized spacial score (nSPS) is 31.2. The molecule has 6 atom stereocenters. The summed E-state index contributed by atoms with van der Waals surface area (Å²) in [7, 11) is -3.49. The van der Waals surface area contributed by atoms with E-state index in [4.69, 9.17) is 5.73 Å². The van der Waals surface area contributed by atoms with Gasteiger partial charge in [-0.3, -0.25) is 19.3 Å². The number of carbonyl (C=O) groups excluding carboxylic acids is 3. The summed E-state index contributed by atoms with van der Waals surface area (Å²) in [6.45, 7) is 1.40. The van der Waals surface area contributed by atoms with E-state index >= 15 is 0 Å². The van der Waals surface area contributed by atoms with Gasteiger partial charge in [0.15, 0.2) is 17.1 Å². The maximum Gasteiger partial charge on any atom is 0.534 e. The van der Waals surface area contributed by atoms with Crippen LogP contribution in [0.3, 0.4) is 0 Å². The number of primary amides is 1. The van der Waals surface area contributed by atoms with E-state index in [1.807, 2.05) is 0 Å². The molecule has 1 aromatic rings. The molecule has 1 amide bonds. The molecule has 16 heteroatoms. The standard InChI is InChI=1S/C23H23F3N2O10S/c1-7-8-5-4-6-9(38-39(36,37)23(24,25)26)11(8)16(29)12-10(7)17(30)14-15(28(2)3)18(31)13(21(27)34)20(33)22(14,35)19(12)32/h4-7,10,14-15,17,30-32,35H,1-3H3,(H2,27,34)/t7?,10?,14?,15?,17?,22-/m0/s1. The van der Waals surface area contributed by atoms with Crippen molar-refractivity contribution in [2.75, 3.05) is 14.1 Å². The number of alkyl halides is 3. The van der Waals surface area contributed by atoms with Gasteiger partial charge in [0, 0.05) is 11.5 Å². The highest BCUT2D eigenvalue weighted by Crippen LogP contribution is 2.55. The zero-order chi connectivity index (χ0) is 29.6. The lowest BCUT2D eigenvalue weighted by atomic mass is 9.55. The quantitative estimate of drug-likeness (QED) is 0.186. The van der Waals surface area contributed by atoms with Gasteiger partial charge in [0.2, 0.25) is 5.78 Å². The number of amides is 1. The van der Waals surface area contributed by atoms with E-state index in [1.165, 1.54) is 32.0 Å². The molecular weight excluding hydrogens is 553 g/mol. The SMILES string of the molecule is CC1c2cccc(OS(=O)(=O)C(F)(F)F)c2C(=O)C2=C(O)[C@]3(O)C(=O)C(C(N)=O)=C(O)C(N(C)C)C3C(O)C21. The number of aliphatic hydroxyl groups is 4. The molecule has 212 valence electrons. The lowest BCUT2D eigenvalue weighted by molar-refractivity contribution is -0.162. The van der Waals surface area contributed by atoms with Crippen molar-refractivity contribution in [3.63, 3.8) is 0 Å². The number of hydrogen-bond acceptors (Lipinski definition) is 11. The first kappa shape index (κ1) is 28.5. The van der Waals surface area contributed by atoms with E-state index in [-0.39, 0.29) is 5.56 Å². The first-order valence-corrected chi connectivity index (χ1v) is 12.7. The molecule has 0 saturated carbocycles. The fraction of sp³-hybridized carbons (Fsp3) is 0.435. The van der Waals surface area contributed by atoms with Crippen LogP contribution in [0.1, 0.15) is 28.8 Å². The van der Waals surface area contributed by atoms with Gasteiger partial charge in [0.1, 0.15) is 17.1 Å². The van der Waals surface area contributed by atoms with E-state index in [9.17, 15) is 56.4 Å². The lowest BCUT2D eigenvalue weighted by Crippen LogP contribution is -2.68. The Kier molecular flexibility index (Phi) is 6.42. The first-order valence-electron chi connectivity index (χ1n) is 11.3. The Labute approximate surface area is 218 Å². The third kappa shape index (κ3) is 3.76. The summed E-state index contributed by atoms with van der Waals surface area (Å²) < 4.78 is 66.6. The number of likely N-dealkylation sites (N-methyl/N-ethyl adjacent to an activating group) is 1. The fourth-order valence-electron chi connectivity index (χ4n) is 5.80. The predicted octanol–water partition coefficient (Wildman–Crippen LogP) is 0.175. The van der Waals surface area contributed by atoms with Crippen molar-refractivity contribution >= 4 is 27.6 Å². The lowest BCUT2D eigenvalue weighted by Gasteiger charge is -2.53. The minimum absolute atomic E-state index is 0.0537. The third-order valence-electron chi connectivity index (χ3n) is 7.46. The number of rotatable bonds is 4. The zero-order valence-corrected chi connectivity index (χ0v) is 21.2. The molecule has 5 unspecified atom stereocenters. The molecule has 12 nitrogen and oxygen atoms in total. The maximum atomic E-state index is 13.7. The van der Waals surface area contributed by atoms with Gasteiger partial charge in [0.25, 0.3) is 5.91 Å². The van der Waals surface area contributed by atoms with Crippen LogP contribution in [0.2, 0.25) is 0 Å². The van der Waals surface area contributed by atoms with Crippen molar-refractivity contribution < 1.29 is 60.6 Å². The number of nitrogens with zero attached hydrogens (tertiary/aromatic N) is 1. The summed E-state index contributed by atoms with van der Waals surface area (Å²) in [4.78, 5) is 40.2. The molecular formula is C23H23F3N2O10S. The summed E-state index contributed by atoms with van der Waals surface area (Å²) in [5.41, 5.74) is -6.47. The van der Waals surface area contributed by atoms with E-state index < -0.39 is 103 Å². The fourth-order valence-corrected chi connectivity index (χ4v) is 6.27. The van der Waals surface area contributed by atoms with Crippen molar-refractivity contribution in [3.8, 4) is 5.75 Å². The molecule has 0 heterocycles. The minimum atomic E-state index is -6.23. The predicted molar refractivity (Wildman–Crippen MR) is 124 cm³/mol. The smallest absolute Gasteiger partial charge is 0.510 e.